The molecule has 142 valence electrons. The fourth-order valence-electron chi connectivity index (χ4n) is 4.44. The highest BCUT2D eigenvalue weighted by Crippen LogP contribution is 2.26. The van der Waals surface area contributed by atoms with Crippen LogP contribution in [0.2, 0.25) is 0 Å². The third-order valence-electron chi connectivity index (χ3n) is 5.85. The van der Waals surface area contributed by atoms with E-state index in [1.807, 2.05) is 29.2 Å². The Balaban J connectivity index is 1.39. The first-order valence-electron chi connectivity index (χ1n) is 9.92. The van der Waals surface area contributed by atoms with Crippen LogP contribution >= 0.6 is 0 Å². The van der Waals surface area contributed by atoms with E-state index in [4.69, 9.17) is 4.74 Å². The molecule has 0 aromatic heterocycles. The van der Waals surface area contributed by atoms with E-state index < -0.39 is 0 Å². The maximum absolute atomic E-state index is 13.0. The second kappa shape index (κ2) is 8.24. The third kappa shape index (κ3) is 4.07. The van der Waals surface area contributed by atoms with Crippen LogP contribution in [0.5, 0.6) is 0 Å². The van der Waals surface area contributed by atoms with Crippen LogP contribution in [0.15, 0.2) is 48.5 Å². The van der Waals surface area contributed by atoms with Crippen LogP contribution in [0.3, 0.4) is 0 Å². The molecule has 2 aromatic carbocycles. The van der Waals surface area contributed by atoms with Crippen molar-refractivity contribution in [2.75, 3.05) is 33.3 Å². The molecule has 0 radical (unpaired) electrons. The van der Waals surface area contributed by atoms with Crippen LogP contribution in [0, 0.1) is 0 Å². The van der Waals surface area contributed by atoms with Gasteiger partial charge in [-0.25, -0.2) is 0 Å². The molecule has 1 heterocycles. The Kier molecular flexibility index (Phi) is 5.55. The van der Waals surface area contributed by atoms with E-state index in [9.17, 15) is 4.79 Å². The molecule has 0 N–H and O–H groups in total. The molecule has 4 heteroatoms. The van der Waals surface area contributed by atoms with Crippen molar-refractivity contribution >= 4 is 5.91 Å². The number of carbonyl (C=O) groups excluding carboxylic acids is 1. The lowest BCUT2D eigenvalue weighted by atomic mass is 10.1. The van der Waals surface area contributed by atoms with Gasteiger partial charge in [-0.15, -0.1) is 0 Å². The summed E-state index contributed by atoms with van der Waals surface area (Å²) in [6.07, 6.45) is 3.32. The van der Waals surface area contributed by atoms with E-state index >= 15 is 0 Å². The summed E-state index contributed by atoms with van der Waals surface area (Å²) in [6.45, 7) is 4.22. The maximum Gasteiger partial charge on any atom is 0.253 e. The molecule has 1 aliphatic heterocycles. The summed E-state index contributed by atoms with van der Waals surface area (Å²) >= 11 is 0. The van der Waals surface area contributed by atoms with E-state index in [2.05, 4.69) is 29.2 Å². The van der Waals surface area contributed by atoms with Crippen LogP contribution in [-0.2, 0) is 24.2 Å². The summed E-state index contributed by atoms with van der Waals surface area (Å²) < 4.78 is 5.19. The number of carbonyl (C=O) groups is 1. The maximum atomic E-state index is 13.0. The topological polar surface area (TPSA) is 32.8 Å². The van der Waals surface area contributed by atoms with Gasteiger partial charge in [-0.05, 0) is 48.1 Å². The average Bonchev–Trinajstić information content (AvgIpc) is 2.97. The predicted octanol–water partition coefficient (Wildman–Crippen LogP) is 3.15. The number of rotatable bonds is 4. The fourth-order valence-corrected chi connectivity index (χ4v) is 4.44. The normalized spacial score (nSPS) is 18.3. The lowest BCUT2D eigenvalue weighted by Crippen LogP contribution is -2.40. The SMILES string of the molecule is COCc1cccc(C(=O)N2CCCN(C3Cc4ccccc4C3)CC2)c1. The molecule has 1 fully saturated rings. The standard InChI is InChI=1S/C23H28N2O2/c1-27-17-18-6-4-9-21(14-18)23(26)25-11-5-10-24(12-13-25)22-15-19-7-2-3-8-20(19)16-22/h2-4,6-9,14,22H,5,10-13,15-17H2,1H3. The Hall–Kier alpha value is -2.17. The molecular formula is C23H28N2O2. The first-order valence-corrected chi connectivity index (χ1v) is 9.92. The molecule has 1 amide bonds. The Morgan fingerprint density at radius 3 is 2.52 bits per heavy atom. The molecule has 4 nitrogen and oxygen atoms in total. The predicted molar refractivity (Wildman–Crippen MR) is 107 cm³/mol. The van der Waals surface area contributed by atoms with Gasteiger partial charge in [-0.3, -0.25) is 9.69 Å². The Labute approximate surface area is 161 Å². The first kappa shape index (κ1) is 18.2. The summed E-state index contributed by atoms with van der Waals surface area (Å²) in [4.78, 5) is 17.6. The number of fused-ring (bicyclic) bond motifs is 1. The average molecular weight is 364 g/mol. The molecular weight excluding hydrogens is 336 g/mol. The molecule has 27 heavy (non-hydrogen) atoms. The molecule has 4 rings (SSSR count). The Bertz CT molecular complexity index is 779. The highest BCUT2D eigenvalue weighted by molar-refractivity contribution is 5.94. The Morgan fingerprint density at radius 2 is 1.78 bits per heavy atom. The first-order chi connectivity index (χ1) is 13.2. The van der Waals surface area contributed by atoms with E-state index in [-0.39, 0.29) is 5.91 Å². The van der Waals surface area contributed by atoms with Crippen molar-refractivity contribution in [3.8, 4) is 0 Å². The summed E-state index contributed by atoms with van der Waals surface area (Å²) in [7, 11) is 1.68. The number of nitrogens with zero attached hydrogens (tertiary/aromatic N) is 2. The van der Waals surface area contributed by atoms with Gasteiger partial charge in [0.25, 0.3) is 5.91 Å². The lowest BCUT2D eigenvalue weighted by molar-refractivity contribution is 0.0758. The fraction of sp³-hybridized carbons (Fsp3) is 0.435. The van der Waals surface area contributed by atoms with Crippen molar-refractivity contribution in [1.82, 2.24) is 9.80 Å². The van der Waals surface area contributed by atoms with Crippen LogP contribution in [0.25, 0.3) is 0 Å². The van der Waals surface area contributed by atoms with E-state index in [0.29, 0.717) is 12.6 Å². The molecule has 1 saturated heterocycles. The zero-order chi connectivity index (χ0) is 18.6. The van der Waals surface area contributed by atoms with Crippen LogP contribution in [-0.4, -0.2) is 55.0 Å². The molecule has 2 aromatic rings. The minimum atomic E-state index is 0.143. The van der Waals surface area contributed by atoms with Gasteiger partial charge in [-0.2, -0.15) is 0 Å². The van der Waals surface area contributed by atoms with Crippen molar-refractivity contribution in [2.45, 2.75) is 31.9 Å². The Morgan fingerprint density at radius 1 is 1.00 bits per heavy atom. The van der Waals surface area contributed by atoms with Crippen molar-refractivity contribution in [2.24, 2.45) is 0 Å². The molecule has 0 bridgehead atoms. The van der Waals surface area contributed by atoms with Crippen molar-refractivity contribution in [3.63, 3.8) is 0 Å². The summed E-state index contributed by atoms with van der Waals surface area (Å²) in [5.41, 5.74) is 4.80. The molecule has 0 spiro atoms. The second-order valence-corrected chi connectivity index (χ2v) is 7.65. The van der Waals surface area contributed by atoms with Gasteiger partial charge in [0, 0.05) is 44.9 Å². The number of amides is 1. The van der Waals surface area contributed by atoms with Gasteiger partial charge in [-0.1, -0.05) is 36.4 Å². The number of hydrogen-bond donors (Lipinski definition) is 0. The van der Waals surface area contributed by atoms with Crippen LogP contribution < -0.4 is 0 Å². The zero-order valence-corrected chi connectivity index (χ0v) is 16.1. The minimum Gasteiger partial charge on any atom is -0.380 e. The van der Waals surface area contributed by atoms with Crippen molar-refractivity contribution < 1.29 is 9.53 Å². The lowest BCUT2D eigenvalue weighted by Gasteiger charge is -2.27. The van der Waals surface area contributed by atoms with E-state index in [0.717, 1.165) is 56.6 Å². The highest BCUT2D eigenvalue weighted by Gasteiger charge is 2.29. The van der Waals surface area contributed by atoms with E-state index in [1.54, 1.807) is 7.11 Å². The summed E-state index contributed by atoms with van der Waals surface area (Å²) in [6, 6.07) is 17.2. The van der Waals surface area contributed by atoms with Gasteiger partial charge in [0.05, 0.1) is 6.61 Å². The van der Waals surface area contributed by atoms with E-state index in [1.165, 1.54) is 11.1 Å². The summed E-state index contributed by atoms with van der Waals surface area (Å²) in [5, 5.41) is 0. The minimum absolute atomic E-state index is 0.143. The third-order valence-corrected chi connectivity index (χ3v) is 5.85. The molecule has 0 saturated carbocycles. The zero-order valence-electron chi connectivity index (χ0n) is 16.1. The van der Waals surface area contributed by atoms with Gasteiger partial charge in [0.1, 0.15) is 0 Å². The second-order valence-electron chi connectivity index (χ2n) is 7.65. The monoisotopic (exact) mass is 364 g/mol. The number of hydrogen-bond acceptors (Lipinski definition) is 3. The molecule has 1 aliphatic carbocycles. The quantitative estimate of drug-likeness (QED) is 0.836. The van der Waals surface area contributed by atoms with Crippen LogP contribution in [0.4, 0.5) is 0 Å². The van der Waals surface area contributed by atoms with Crippen molar-refractivity contribution in [3.05, 3.63) is 70.8 Å². The highest BCUT2D eigenvalue weighted by atomic mass is 16.5. The van der Waals surface area contributed by atoms with Gasteiger partial charge in [0.2, 0.25) is 0 Å². The number of benzene rings is 2. The molecule has 0 atom stereocenters. The largest absolute Gasteiger partial charge is 0.380 e. The van der Waals surface area contributed by atoms with Crippen LogP contribution in [0.1, 0.15) is 33.5 Å². The van der Waals surface area contributed by atoms with Gasteiger partial charge < -0.3 is 9.64 Å². The van der Waals surface area contributed by atoms with Gasteiger partial charge in [0.15, 0.2) is 0 Å². The number of ether oxygens (including phenoxy) is 1. The summed E-state index contributed by atoms with van der Waals surface area (Å²) in [5.74, 6) is 0.143. The molecule has 0 unspecified atom stereocenters. The number of methoxy groups -OCH3 is 1. The molecule has 2 aliphatic rings. The van der Waals surface area contributed by atoms with Gasteiger partial charge >= 0.3 is 0 Å². The van der Waals surface area contributed by atoms with Crippen molar-refractivity contribution in [1.29, 1.82) is 0 Å². The smallest absolute Gasteiger partial charge is 0.253 e.